The van der Waals surface area contributed by atoms with Crippen molar-refractivity contribution >= 4 is 5.69 Å². The molecular weight excluding hydrogens is 226 g/mol. The quantitative estimate of drug-likeness (QED) is 0.851. The van der Waals surface area contributed by atoms with Crippen LogP contribution in [0.5, 0.6) is 5.75 Å². The Kier molecular flexibility index (Phi) is 3.87. The van der Waals surface area contributed by atoms with E-state index in [1.165, 1.54) is 5.56 Å². The molecule has 1 aromatic carbocycles. The Hall–Kier alpha value is -1.97. The second kappa shape index (κ2) is 5.58. The van der Waals surface area contributed by atoms with Crippen molar-refractivity contribution in [2.45, 2.75) is 27.3 Å². The van der Waals surface area contributed by atoms with Gasteiger partial charge in [0, 0.05) is 0 Å². The smallest absolute Gasteiger partial charge is 0.142 e. The first-order valence-electron chi connectivity index (χ1n) is 6.17. The van der Waals surface area contributed by atoms with Gasteiger partial charge in [-0.3, -0.25) is 0 Å². The SMILES string of the molecule is CCOc1cc(C)ccc1NCc1cnc(C)[nH]1. The molecule has 0 aliphatic carbocycles. The van der Waals surface area contributed by atoms with Crippen LogP contribution >= 0.6 is 0 Å². The molecule has 96 valence electrons. The number of H-pyrrole nitrogens is 1. The number of anilines is 1. The minimum Gasteiger partial charge on any atom is -0.492 e. The number of nitrogens with zero attached hydrogens (tertiary/aromatic N) is 1. The third-order valence-corrected chi connectivity index (χ3v) is 2.66. The molecule has 1 heterocycles. The number of imidazole rings is 1. The van der Waals surface area contributed by atoms with Crippen LogP contribution in [0, 0.1) is 13.8 Å². The maximum Gasteiger partial charge on any atom is 0.142 e. The highest BCUT2D eigenvalue weighted by atomic mass is 16.5. The number of benzene rings is 1. The van der Waals surface area contributed by atoms with Gasteiger partial charge in [-0.25, -0.2) is 4.98 Å². The summed E-state index contributed by atoms with van der Waals surface area (Å²) in [4.78, 5) is 7.37. The van der Waals surface area contributed by atoms with Gasteiger partial charge in [0.2, 0.25) is 0 Å². The third-order valence-electron chi connectivity index (χ3n) is 2.66. The van der Waals surface area contributed by atoms with Gasteiger partial charge in [-0.05, 0) is 38.5 Å². The molecule has 0 atom stereocenters. The number of aromatic nitrogens is 2. The van der Waals surface area contributed by atoms with Crippen LogP contribution in [0.15, 0.2) is 24.4 Å². The average molecular weight is 245 g/mol. The van der Waals surface area contributed by atoms with E-state index < -0.39 is 0 Å². The number of aryl methyl sites for hydroxylation is 2. The fourth-order valence-electron chi connectivity index (χ4n) is 1.80. The average Bonchev–Trinajstić information content (AvgIpc) is 2.75. The molecule has 0 unspecified atom stereocenters. The Bertz CT molecular complexity index is 520. The molecule has 0 saturated heterocycles. The van der Waals surface area contributed by atoms with E-state index in [9.17, 15) is 0 Å². The summed E-state index contributed by atoms with van der Waals surface area (Å²) in [6.45, 7) is 7.38. The Morgan fingerprint density at radius 3 is 2.83 bits per heavy atom. The second-order valence-electron chi connectivity index (χ2n) is 4.28. The molecular formula is C14H19N3O. The number of nitrogens with one attached hydrogen (secondary N) is 2. The van der Waals surface area contributed by atoms with Crippen molar-refractivity contribution in [1.29, 1.82) is 0 Å². The predicted molar refractivity (Wildman–Crippen MR) is 73.0 cm³/mol. The standard InChI is InChI=1S/C14H19N3O/c1-4-18-14-7-10(2)5-6-13(14)16-9-12-8-15-11(3)17-12/h5-8,16H,4,9H2,1-3H3,(H,15,17). The number of ether oxygens (including phenoxy) is 1. The van der Waals surface area contributed by atoms with Gasteiger partial charge < -0.3 is 15.0 Å². The van der Waals surface area contributed by atoms with E-state index in [0.29, 0.717) is 13.2 Å². The molecule has 0 bridgehead atoms. The first-order valence-corrected chi connectivity index (χ1v) is 6.17. The second-order valence-corrected chi connectivity index (χ2v) is 4.28. The van der Waals surface area contributed by atoms with Crippen LogP contribution in [0.3, 0.4) is 0 Å². The van der Waals surface area contributed by atoms with Crippen LogP contribution in [-0.2, 0) is 6.54 Å². The molecule has 0 fully saturated rings. The lowest BCUT2D eigenvalue weighted by Gasteiger charge is -2.12. The first kappa shape index (κ1) is 12.5. The van der Waals surface area contributed by atoms with Crippen molar-refractivity contribution in [2.75, 3.05) is 11.9 Å². The molecule has 0 saturated carbocycles. The predicted octanol–water partition coefficient (Wildman–Crippen LogP) is 3.04. The number of hydrogen-bond acceptors (Lipinski definition) is 3. The Balaban J connectivity index is 2.08. The zero-order chi connectivity index (χ0) is 13.0. The van der Waals surface area contributed by atoms with Gasteiger partial charge in [0.15, 0.2) is 0 Å². The van der Waals surface area contributed by atoms with Gasteiger partial charge in [-0.1, -0.05) is 6.07 Å². The summed E-state index contributed by atoms with van der Waals surface area (Å²) >= 11 is 0. The zero-order valence-corrected chi connectivity index (χ0v) is 11.1. The minimum absolute atomic E-state index is 0.668. The van der Waals surface area contributed by atoms with E-state index in [-0.39, 0.29) is 0 Å². The Morgan fingerprint density at radius 2 is 2.17 bits per heavy atom. The first-order chi connectivity index (χ1) is 8.69. The van der Waals surface area contributed by atoms with Gasteiger partial charge in [-0.2, -0.15) is 0 Å². The number of aromatic amines is 1. The zero-order valence-electron chi connectivity index (χ0n) is 11.1. The van der Waals surface area contributed by atoms with Crippen molar-refractivity contribution in [1.82, 2.24) is 9.97 Å². The van der Waals surface area contributed by atoms with Crippen LogP contribution in [0.1, 0.15) is 24.0 Å². The fourth-order valence-corrected chi connectivity index (χ4v) is 1.80. The van der Waals surface area contributed by atoms with E-state index in [0.717, 1.165) is 23.0 Å². The van der Waals surface area contributed by atoms with E-state index in [1.54, 1.807) is 0 Å². The monoisotopic (exact) mass is 245 g/mol. The lowest BCUT2D eigenvalue weighted by molar-refractivity contribution is 0.341. The van der Waals surface area contributed by atoms with Crippen molar-refractivity contribution in [2.24, 2.45) is 0 Å². The fraction of sp³-hybridized carbons (Fsp3) is 0.357. The maximum absolute atomic E-state index is 5.62. The molecule has 2 rings (SSSR count). The summed E-state index contributed by atoms with van der Waals surface area (Å²) in [6, 6.07) is 6.16. The number of hydrogen-bond donors (Lipinski definition) is 2. The summed E-state index contributed by atoms with van der Waals surface area (Å²) in [5.41, 5.74) is 3.27. The van der Waals surface area contributed by atoms with Gasteiger partial charge in [-0.15, -0.1) is 0 Å². The Morgan fingerprint density at radius 1 is 1.33 bits per heavy atom. The van der Waals surface area contributed by atoms with Crippen molar-refractivity contribution < 1.29 is 4.74 Å². The Labute approximate surface area is 107 Å². The summed E-state index contributed by atoms with van der Waals surface area (Å²) in [6.07, 6.45) is 1.84. The largest absolute Gasteiger partial charge is 0.492 e. The third kappa shape index (κ3) is 3.03. The highest BCUT2D eigenvalue weighted by Gasteiger charge is 2.04. The van der Waals surface area contributed by atoms with Crippen molar-refractivity contribution in [3.8, 4) is 5.75 Å². The lowest BCUT2D eigenvalue weighted by atomic mass is 10.2. The molecule has 1 aromatic heterocycles. The van der Waals surface area contributed by atoms with Gasteiger partial charge in [0.05, 0.1) is 30.7 Å². The molecule has 2 N–H and O–H groups in total. The van der Waals surface area contributed by atoms with Crippen molar-refractivity contribution in [3.63, 3.8) is 0 Å². The topological polar surface area (TPSA) is 49.9 Å². The van der Waals surface area contributed by atoms with Crippen LogP contribution in [0.2, 0.25) is 0 Å². The normalized spacial score (nSPS) is 10.4. The summed E-state index contributed by atoms with van der Waals surface area (Å²) in [7, 11) is 0. The van der Waals surface area contributed by atoms with Crippen LogP contribution in [0.4, 0.5) is 5.69 Å². The van der Waals surface area contributed by atoms with Crippen LogP contribution in [0.25, 0.3) is 0 Å². The molecule has 18 heavy (non-hydrogen) atoms. The molecule has 0 aliphatic rings. The molecule has 4 heteroatoms. The van der Waals surface area contributed by atoms with E-state index in [1.807, 2.05) is 32.2 Å². The van der Waals surface area contributed by atoms with Gasteiger partial charge in [0.1, 0.15) is 11.6 Å². The van der Waals surface area contributed by atoms with E-state index in [4.69, 9.17) is 4.74 Å². The van der Waals surface area contributed by atoms with E-state index in [2.05, 4.69) is 28.3 Å². The lowest BCUT2D eigenvalue weighted by Crippen LogP contribution is -2.03. The molecule has 0 aliphatic heterocycles. The molecule has 4 nitrogen and oxygen atoms in total. The van der Waals surface area contributed by atoms with Gasteiger partial charge in [0.25, 0.3) is 0 Å². The van der Waals surface area contributed by atoms with Gasteiger partial charge >= 0.3 is 0 Å². The molecule has 2 aromatic rings. The van der Waals surface area contributed by atoms with E-state index >= 15 is 0 Å². The highest BCUT2D eigenvalue weighted by molar-refractivity contribution is 5.57. The number of rotatable bonds is 5. The summed E-state index contributed by atoms with van der Waals surface area (Å²) in [5, 5.41) is 3.36. The molecule has 0 radical (unpaired) electrons. The highest BCUT2D eigenvalue weighted by Crippen LogP contribution is 2.26. The minimum atomic E-state index is 0.668. The summed E-state index contributed by atoms with van der Waals surface area (Å²) < 4.78 is 5.62. The maximum atomic E-state index is 5.62. The van der Waals surface area contributed by atoms with Crippen LogP contribution in [-0.4, -0.2) is 16.6 Å². The molecule has 0 spiro atoms. The van der Waals surface area contributed by atoms with Crippen LogP contribution < -0.4 is 10.1 Å². The molecule has 0 amide bonds. The van der Waals surface area contributed by atoms with Crippen molar-refractivity contribution in [3.05, 3.63) is 41.5 Å². The summed E-state index contributed by atoms with van der Waals surface area (Å²) in [5.74, 6) is 1.83.